The summed E-state index contributed by atoms with van der Waals surface area (Å²) in [7, 11) is 0. The molecule has 2 amide bonds. The molecule has 4 nitrogen and oxygen atoms in total. The summed E-state index contributed by atoms with van der Waals surface area (Å²) in [5.41, 5.74) is 5.52. The number of piperidine rings is 1. The van der Waals surface area contributed by atoms with E-state index in [1.165, 1.54) is 32.1 Å². The van der Waals surface area contributed by atoms with Crippen molar-refractivity contribution < 1.29 is 4.79 Å². The van der Waals surface area contributed by atoms with Crippen molar-refractivity contribution in [2.75, 3.05) is 26.2 Å². The number of nitrogens with zero attached hydrogens (tertiary/aromatic N) is 2. The number of likely N-dealkylation sites (tertiary alicyclic amines) is 1. The fourth-order valence-electron chi connectivity index (χ4n) is 2.35. The smallest absolute Gasteiger partial charge is 0.320 e. The Hall–Kier alpha value is -0.770. The molecule has 0 unspecified atom stereocenters. The van der Waals surface area contributed by atoms with Crippen LogP contribution >= 0.6 is 0 Å². The van der Waals surface area contributed by atoms with Crippen LogP contribution in [-0.4, -0.2) is 48.1 Å². The Balaban J connectivity index is 1.87. The molecule has 2 rings (SSSR count). The van der Waals surface area contributed by atoms with Crippen molar-refractivity contribution in [1.82, 2.24) is 9.80 Å². The SMILES string of the molecule is NCCCN(C(=O)N1CCCCC1)C1CC1. The molecule has 2 N–H and O–H groups in total. The fourth-order valence-corrected chi connectivity index (χ4v) is 2.35. The van der Waals surface area contributed by atoms with Gasteiger partial charge in [0.25, 0.3) is 0 Å². The predicted molar refractivity (Wildman–Crippen MR) is 64.2 cm³/mol. The molecule has 2 fully saturated rings. The average molecular weight is 225 g/mol. The summed E-state index contributed by atoms with van der Waals surface area (Å²) in [4.78, 5) is 16.4. The highest BCUT2D eigenvalue weighted by atomic mass is 16.2. The lowest BCUT2D eigenvalue weighted by Crippen LogP contribution is -2.47. The zero-order chi connectivity index (χ0) is 11.4. The molecule has 1 heterocycles. The molecule has 1 saturated heterocycles. The highest BCUT2D eigenvalue weighted by Crippen LogP contribution is 2.28. The van der Waals surface area contributed by atoms with Gasteiger partial charge in [-0.2, -0.15) is 0 Å². The lowest BCUT2D eigenvalue weighted by atomic mass is 10.1. The molecular weight excluding hydrogens is 202 g/mol. The third kappa shape index (κ3) is 2.88. The monoisotopic (exact) mass is 225 g/mol. The quantitative estimate of drug-likeness (QED) is 0.786. The topological polar surface area (TPSA) is 49.6 Å². The van der Waals surface area contributed by atoms with Gasteiger partial charge >= 0.3 is 6.03 Å². The molecule has 1 saturated carbocycles. The normalized spacial score (nSPS) is 20.9. The average Bonchev–Trinajstić information content (AvgIpc) is 3.15. The molecule has 2 aliphatic rings. The maximum Gasteiger partial charge on any atom is 0.320 e. The van der Waals surface area contributed by atoms with Crippen molar-refractivity contribution in [1.29, 1.82) is 0 Å². The molecule has 4 heteroatoms. The van der Waals surface area contributed by atoms with Crippen molar-refractivity contribution in [3.8, 4) is 0 Å². The summed E-state index contributed by atoms with van der Waals surface area (Å²) < 4.78 is 0. The predicted octanol–water partition coefficient (Wildman–Crippen LogP) is 1.41. The lowest BCUT2D eigenvalue weighted by molar-refractivity contribution is 0.140. The number of hydrogen-bond donors (Lipinski definition) is 1. The maximum absolute atomic E-state index is 12.3. The Morgan fingerprint density at radius 3 is 2.50 bits per heavy atom. The first-order valence-electron chi connectivity index (χ1n) is 6.58. The van der Waals surface area contributed by atoms with E-state index in [0.717, 1.165) is 26.1 Å². The number of urea groups is 1. The van der Waals surface area contributed by atoms with Gasteiger partial charge in [-0.25, -0.2) is 4.79 Å². The lowest BCUT2D eigenvalue weighted by Gasteiger charge is -2.33. The van der Waals surface area contributed by atoms with Crippen molar-refractivity contribution in [2.45, 2.75) is 44.6 Å². The van der Waals surface area contributed by atoms with Gasteiger partial charge in [0.15, 0.2) is 0 Å². The third-order valence-corrected chi connectivity index (χ3v) is 3.46. The molecule has 0 atom stereocenters. The van der Waals surface area contributed by atoms with Crippen LogP contribution in [0.1, 0.15) is 38.5 Å². The van der Waals surface area contributed by atoms with E-state index in [9.17, 15) is 4.79 Å². The molecule has 0 radical (unpaired) electrons. The Labute approximate surface area is 97.8 Å². The zero-order valence-electron chi connectivity index (χ0n) is 10.0. The van der Waals surface area contributed by atoms with Gasteiger partial charge in [0.1, 0.15) is 0 Å². The van der Waals surface area contributed by atoms with Crippen molar-refractivity contribution >= 4 is 6.03 Å². The van der Waals surface area contributed by atoms with Gasteiger partial charge in [0.05, 0.1) is 0 Å². The first-order valence-corrected chi connectivity index (χ1v) is 6.58. The van der Waals surface area contributed by atoms with Gasteiger partial charge in [-0.1, -0.05) is 0 Å². The van der Waals surface area contributed by atoms with E-state index < -0.39 is 0 Å². The summed E-state index contributed by atoms with van der Waals surface area (Å²) in [6, 6.07) is 0.775. The van der Waals surface area contributed by atoms with Gasteiger partial charge in [0, 0.05) is 25.7 Å². The largest absolute Gasteiger partial charge is 0.330 e. The van der Waals surface area contributed by atoms with Gasteiger partial charge < -0.3 is 15.5 Å². The Kier molecular flexibility index (Phi) is 4.04. The van der Waals surface area contributed by atoms with Gasteiger partial charge in [0.2, 0.25) is 0 Å². The summed E-state index contributed by atoms with van der Waals surface area (Å²) in [6.07, 6.45) is 6.91. The van der Waals surface area contributed by atoms with Gasteiger partial charge in [-0.05, 0) is 45.1 Å². The number of carbonyl (C=O) groups is 1. The van der Waals surface area contributed by atoms with Crippen LogP contribution in [0.15, 0.2) is 0 Å². The minimum absolute atomic E-state index is 0.260. The number of nitrogens with two attached hydrogens (primary N) is 1. The molecule has 1 aliphatic carbocycles. The van der Waals surface area contributed by atoms with Crippen LogP contribution in [0.4, 0.5) is 4.79 Å². The Morgan fingerprint density at radius 1 is 1.25 bits per heavy atom. The molecule has 0 bridgehead atoms. The molecular formula is C12H23N3O. The van der Waals surface area contributed by atoms with Crippen LogP contribution in [0.2, 0.25) is 0 Å². The first kappa shape index (κ1) is 11.7. The maximum atomic E-state index is 12.3. The first-order chi connectivity index (χ1) is 7.83. The summed E-state index contributed by atoms with van der Waals surface area (Å²) in [5.74, 6) is 0. The van der Waals surface area contributed by atoms with E-state index >= 15 is 0 Å². The van der Waals surface area contributed by atoms with Crippen molar-refractivity contribution in [2.24, 2.45) is 5.73 Å². The highest BCUT2D eigenvalue weighted by molar-refractivity contribution is 5.75. The van der Waals surface area contributed by atoms with Crippen LogP contribution in [-0.2, 0) is 0 Å². The van der Waals surface area contributed by atoms with Crippen LogP contribution in [0.25, 0.3) is 0 Å². The van der Waals surface area contributed by atoms with E-state index in [0.29, 0.717) is 12.6 Å². The zero-order valence-corrected chi connectivity index (χ0v) is 10.0. The molecule has 16 heavy (non-hydrogen) atoms. The van der Waals surface area contributed by atoms with Gasteiger partial charge in [-0.3, -0.25) is 0 Å². The number of carbonyl (C=O) groups excluding carboxylic acids is 1. The van der Waals surface area contributed by atoms with Crippen LogP contribution in [0.3, 0.4) is 0 Å². The highest BCUT2D eigenvalue weighted by Gasteiger charge is 2.34. The third-order valence-electron chi connectivity index (χ3n) is 3.46. The van der Waals surface area contributed by atoms with Crippen LogP contribution in [0.5, 0.6) is 0 Å². The summed E-state index contributed by atoms with van der Waals surface area (Å²) in [5, 5.41) is 0. The summed E-state index contributed by atoms with van der Waals surface area (Å²) in [6.45, 7) is 3.42. The molecule has 0 aromatic carbocycles. The van der Waals surface area contributed by atoms with E-state index in [4.69, 9.17) is 5.73 Å². The van der Waals surface area contributed by atoms with E-state index in [1.54, 1.807) is 0 Å². The van der Waals surface area contributed by atoms with Crippen molar-refractivity contribution in [3.05, 3.63) is 0 Å². The molecule has 0 aromatic rings. The molecule has 0 aromatic heterocycles. The van der Waals surface area contributed by atoms with Gasteiger partial charge in [-0.15, -0.1) is 0 Å². The van der Waals surface area contributed by atoms with Crippen LogP contribution < -0.4 is 5.73 Å². The second-order valence-corrected chi connectivity index (χ2v) is 4.90. The van der Waals surface area contributed by atoms with E-state index in [1.807, 2.05) is 4.90 Å². The number of hydrogen-bond acceptors (Lipinski definition) is 2. The molecule has 1 aliphatic heterocycles. The number of amides is 2. The fraction of sp³-hybridized carbons (Fsp3) is 0.917. The second-order valence-electron chi connectivity index (χ2n) is 4.90. The molecule has 0 spiro atoms. The minimum atomic E-state index is 0.260. The van der Waals surface area contributed by atoms with Crippen molar-refractivity contribution in [3.63, 3.8) is 0 Å². The molecule has 92 valence electrons. The minimum Gasteiger partial charge on any atom is -0.330 e. The van der Waals surface area contributed by atoms with Crippen LogP contribution in [0, 0.1) is 0 Å². The van der Waals surface area contributed by atoms with E-state index in [-0.39, 0.29) is 6.03 Å². The number of rotatable bonds is 4. The Morgan fingerprint density at radius 2 is 1.94 bits per heavy atom. The summed E-state index contributed by atoms with van der Waals surface area (Å²) >= 11 is 0. The Bertz CT molecular complexity index is 234. The van der Waals surface area contributed by atoms with E-state index in [2.05, 4.69) is 4.90 Å². The standard InChI is InChI=1S/C12H23N3O/c13-7-4-10-15(11-5-6-11)12(16)14-8-2-1-3-9-14/h11H,1-10,13H2. The second kappa shape index (κ2) is 5.53.